The predicted molar refractivity (Wildman–Crippen MR) is 103 cm³/mol. The van der Waals surface area contributed by atoms with Gasteiger partial charge in [-0.2, -0.15) is 0 Å². The van der Waals surface area contributed by atoms with E-state index in [4.69, 9.17) is 0 Å². The maximum Gasteiger partial charge on any atom is 0.323 e. The van der Waals surface area contributed by atoms with Gasteiger partial charge in [0.25, 0.3) is 5.56 Å². The molecule has 0 bridgehead atoms. The minimum absolute atomic E-state index is 0.225. The Balaban J connectivity index is 1.76. The molecule has 5 nitrogen and oxygen atoms in total. The number of anilines is 2. The number of benzene rings is 2. The highest BCUT2D eigenvalue weighted by atomic mass is 79.9. The Kier molecular flexibility index (Phi) is 5.30. The van der Waals surface area contributed by atoms with Gasteiger partial charge in [0.05, 0.1) is 6.54 Å². The summed E-state index contributed by atoms with van der Waals surface area (Å²) in [6.45, 7) is 0.413. The number of pyridine rings is 1. The van der Waals surface area contributed by atoms with Gasteiger partial charge in [0, 0.05) is 16.4 Å². The summed E-state index contributed by atoms with van der Waals surface area (Å²) in [6, 6.07) is 19.6. The molecule has 2 aromatic carbocycles. The van der Waals surface area contributed by atoms with Crippen LogP contribution in [0.4, 0.5) is 16.2 Å². The molecule has 0 unspecified atom stereocenters. The molecule has 6 heteroatoms. The molecule has 0 aliphatic rings. The molecule has 1 aromatic heterocycles. The van der Waals surface area contributed by atoms with Crippen molar-refractivity contribution < 1.29 is 4.79 Å². The average molecular weight is 398 g/mol. The SMILES string of the molecule is O=C(Nc1ccccc1)Nc1cccn(Cc2ccccc2Br)c1=O. The van der Waals surface area contributed by atoms with Crippen molar-refractivity contribution in [1.82, 2.24) is 4.57 Å². The third kappa shape index (κ3) is 4.36. The molecule has 2 amide bonds. The summed E-state index contributed by atoms with van der Waals surface area (Å²) in [6.07, 6.45) is 1.70. The molecule has 0 saturated heterocycles. The normalized spacial score (nSPS) is 10.3. The highest BCUT2D eigenvalue weighted by Gasteiger charge is 2.09. The maximum absolute atomic E-state index is 12.6. The number of hydrogen-bond acceptors (Lipinski definition) is 2. The second-order valence-electron chi connectivity index (χ2n) is 5.39. The number of halogens is 1. The third-order valence-electron chi connectivity index (χ3n) is 3.60. The van der Waals surface area contributed by atoms with Gasteiger partial charge in [0.2, 0.25) is 0 Å². The Bertz CT molecular complexity index is 939. The van der Waals surface area contributed by atoms with Crippen LogP contribution in [0.3, 0.4) is 0 Å². The van der Waals surface area contributed by atoms with Crippen molar-refractivity contribution in [2.45, 2.75) is 6.54 Å². The van der Waals surface area contributed by atoms with E-state index in [9.17, 15) is 9.59 Å². The van der Waals surface area contributed by atoms with Crippen LogP contribution in [0, 0.1) is 0 Å². The van der Waals surface area contributed by atoms with Crippen LogP contribution < -0.4 is 16.2 Å². The zero-order chi connectivity index (χ0) is 17.6. The molecule has 0 aliphatic carbocycles. The fourth-order valence-electron chi connectivity index (χ4n) is 2.37. The van der Waals surface area contributed by atoms with Gasteiger partial charge >= 0.3 is 6.03 Å². The lowest BCUT2D eigenvalue weighted by Gasteiger charge is -2.11. The van der Waals surface area contributed by atoms with E-state index in [1.165, 1.54) is 0 Å². The van der Waals surface area contributed by atoms with Gasteiger partial charge in [-0.05, 0) is 35.9 Å². The zero-order valence-corrected chi connectivity index (χ0v) is 14.9. The summed E-state index contributed by atoms with van der Waals surface area (Å²) in [5, 5.41) is 5.29. The molecule has 0 spiro atoms. The molecule has 1 heterocycles. The predicted octanol–water partition coefficient (Wildman–Crippen LogP) is 4.30. The number of aromatic nitrogens is 1. The molecule has 3 aromatic rings. The highest BCUT2D eigenvalue weighted by Crippen LogP contribution is 2.16. The van der Waals surface area contributed by atoms with Crippen molar-refractivity contribution in [3.05, 3.63) is 93.3 Å². The Morgan fingerprint density at radius 1 is 0.920 bits per heavy atom. The Morgan fingerprint density at radius 2 is 1.64 bits per heavy atom. The third-order valence-corrected chi connectivity index (χ3v) is 4.37. The van der Waals surface area contributed by atoms with Gasteiger partial charge in [-0.1, -0.05) is 52.3 Å². The molecule has 0 fully saturated rings. The van der Waals surface area contributed by atoms with Crippen molar-refractivity contribution >= 4 is 33.3 Å². The van der Waals surface area contributed by atoms with Gasteiger partial charge in [0.1, 0.15) is 5.69 Å². The molecule has 0 saturated carbocycles. The van der Waals surface area contributed by atoms with E-state index in [1.54, 1.807) is 35.0 Å². The monoisotopic (exact) mass is 397 g/mol. The van der Waals surface area contributed by atoms with E-state index in [2.05, 4.69) is 26.6 Å². The second kappa shape index (κ2) is 7.81. The number of rotatable bonds is 4. The summed E-state index contributed by atoms with van der Waals surface area (Å²) in [5.74, 6) is 0. The first-order valence-electron chi connectivity index (χ1n) is 7.69. The minimum Gasteiger partial charge on any atom is -0.309 e. The van der Waals surface area contributed by atoms with E-state index in [0.717, 1.165) is 10.0 Å². The number of amides is 2. The Morgan fingerprint density at radius 3 is 2.40 bits per heavy atom. The fourth-order valence-corrected chi connectivity index (χ4v) is 2.78. The van der Waals surface area contributed by atoms with Crippen LogP contribution in [0.15, 0.2) is 82.2 Å². The van der Waals surface area contributed by atoms with Gasteiger partial charge in [0.15, 0.2) is 0 Å². The lowest BCUT2D eigenvalue weighted by atomic mass is 10.2. The average Bonchev–Trinajstić information content (AvgIpc) is 2.61. The number of carbonyl (C=O) groups excluding carboxylic acids is 1. The first kappa shape index (κ1) is 17.0. The molecule has 3 rings (SSSR count). The summed E-state index contributed by atoms with van der Waals surface area (Å²) < 4.78 is 2.49. The van der Waals surface area contributed by atoms with E-state index < -0.39 is 6.03 Å². The summed E-state index contributed by atoms with van der Waals surface area (Å²) in [5.41, 5.74) is 1.60. The maximum atomic E-state index is 12.6. The van der Waals surface area contributed by atoms with E-state index in [1.807, 2.05) is 42.5 Å². The first-order chi connectivity index (χ1) is 12.1. The number of hydrogen-bond donors (Lipinski definition) is 2. The number of para-hydroxylation sites is 1. The van der Waals surface area contributed by atoms with Crippen LogP contribution >= 0.6 is 15.9 Å². The molecule has 126 valence electrons. The summed E-state index contributed by atoms with van der Waals surface area (Å²) >= 11 is 3.48. The Labute approximate surface area is 153 Å². The molecule has 0 atom stereocenters. The van der Waals surface area contributed by atoms with Crippen molar-refractivity contribution in [2.24, 2.45) is 0 Å². The van der Waals surface area contributed by atoms with E-state index >= 15 is 0 Å². The topological polar surface area (TPSA) is 63.1 Å². The smallest absolute Gasteiger partial charge is 0.309 e. The van der Waals surface area contributed by atoms with Crippen LogP contribution in [-0.2, 0) is 6.54 Å². The first-order valence-corrected chi connectivity index (χ1v) is 8.49. The fraction of sp³-hybridized carbons (Fsp3) is 0.0526. The van der Waals surface area contributed by atoms with Gasteiger partial charge in [-0.15, -0.1) is 0 Å². The molecular formula is C19H16BrN3O2. The highest BCUT2D eigenvalue weighted by molar-refractivity contribution is 9.10. The lowest BCUT2D eigenvalue weighted by Crippen LogP contribution is -2.28. The molecular weight excluding hydrogens is 382 g/mol. The van der Waals surface area contributed by atoms with Crippen LogP contribution in [-0.4, -0.2) is 10.6 Å². The van der Waals surface area contributed by atoms with Crippen molar-refractivity contribution in [3.8, 4) is 0 Å². The standard InChI is InChI=1S/C19H16BrN3O2/c20-16-10-5-4-7-14(16)13-23-12-6-11-17(18(23)24)22-19(25)21-15-8-2-1-3-9-15/h1-12H,13H2,(H2,21,22,25). The molecule has 0 aliphatic heterocycles. The molecule has 0 radical (unpaired) electrons. The van der Waals surface area contributed by atoms with Crippen molar-refractivity contribution in [3.63, 3.8) is 0 Å². The number of carbonyl (C=O) groups is 1. The van der Waals surface area contributed by atoms with Crippen LogP contribution in [0.2, 0.25) is 0 Å². The molecule has 25 heavy (non-hydrogen) atoms. The van der Waals surface area contributed by atoms with E-state index in [0.29, 0.717) is 12.2 Å². The van der Waals surface area contributed by atoms with Crippen molar-refractivity contribution in [1.29, 1.82) is 0 Å². The minimum atomic E-state index is -0.457. The van der Waals surface area contributed by atoms with Crippen LogP contribution in [0.1, 0.15) is 5.56 Å². The lowest BCUT2D eigenvalue weighted by molar-refractivity contribution is 0.262. The van der Waals surface area contributed by atoms with Crippen LogP contribution in [0.5, 0.6) is 0 Å². The Hall–Kier alpha value is -2.86. The second-order valence-corrected chi connectivity index (χ2v) is 6.25. The van der Waals surface area contributed by atoms with Gasteiger partial charge < -0.3 is 15.2 Å². The van der Waals surface area contributed by atoms with Crippen LogP contribution in [0.25, 0.3) is 0 Å². The quantitative estimate of drug-likeness (QED) is 0.688. The molecule has 2 N–H and O–H groups in total. The number of nitrogens with one attached hydrogen (secondary N) is 2. The van der Waals surface area contributed by atoms with Gasteiger partial charge in [-0.25, -0.2) is 4.79 Å². The zero-order valence-electron chi connectivity index (χ0n) is 13.3. The van der Waals surface area contributed by atoms with E-state index in [-0.39, 0.29) is 11.2 Å². The van der Waals surface area contributed by atoms with Crippen molar-refractivity contribution in [2.75, 3.05) is 10.6 Å². The summed E-state index contributed by atoms with van der Waals surface area (Å²) in [4.78, 5) is 24.7. The van der Waals surface area contributed by atoms with Gasteiger partial charge in [-0.3, -0.25) is 4.79 Å². The largest absolute Gasteiger partial charge is 0.323 e. The number of urea groups is 1. The number of nitrogens with zero attached hydrogens (tertiary/aromatic N) is 1. The summed E-state index contributed by atoms with van der Waals surface area (Å²) in [7, 11) is 0.